The second kappa shape index (κ2) is 7.56. The normalized spacial score (nSPS) is 18.9. The molecule has 0 aromatic carbocycles. The number of nitrogens with zero attached hydrogens (tertiary/aromatic N) is 1. The summed E-state index contributed by atoms with van der Waals surface area (Å²) in [5, 5.41) is 0. The average Bonchev–Trinajstić information content (AvgIpc) is 2.40. The van der Waals surface area contributed by atoms with Crippen molar-refractivity contribution in [3.8, 4) is 11.5 Å². The van der Waals surface area contributed by atoms with Crippen molar-refractivity contribution in [1.29, 1.82) is 0 Å². The topological polar surface area (TPSA) is 57.7 Å². The Balaban J connectivity index is 2.22. The first-order valence-electron chi connectivity index (χ1n) is 6.29. The van der Waals surface area contributed by atoms with Crippen LogP contribution < -0.4 is 9.47 Å². The summed E-state index contributed by atoms with van der Waals surface area (Å²) in [6.07, 6.45) is 2.90. The van der Waals surface area contributed by atoms with Gasteiger partial charge in [-0.05, 0) is 57.8 Å². The molecule has 1 heterocycles. The first-order valence-corrected chi connectivity index (χ1v) is 8.16. The maximum absolute atomic E-state index is 11.9. The van der Waals surface area contributed by atoms with Crippen molar-refractivity contribution in [2.45, 2.75) is 31.8 Å². The Kier molecular flexibility index (Phi) is 6.03. The number of hydrogen-bond acceptors (Lipinski definition) is 5. The van der Waals surface area contributed by atoms with Gasteiger partial charge >= 0.3 is 0 Å². The van der Waals surface area contributed by atoms with Gasteiger partial charge in [0.15, 0.2) is 34.8 Å². The number of ketones is 1. The van der Waals surface area contributed by atoms with E-state index in [-0.39, 0.29) is 12.6 Å². The average molecular weight is 456 g/mol. The molecule has 1 fully saturated rings. The largest absolute Gasteiger partial charge is 0.479 e. The lowest BCUT2D eigenvalue weighted by molar-refractivity contribution is -0.127. The van der Waals surface area contributed by atoms with E-state index in [1.807, 2.05) is 0 Å². The van der Waals surface area contributed by atoms with Crippen LogP contribution in [0.4, 0.5) is 0 Å². The van der Waals surface area contributed by atoms with Crippen molar-refractivity contribution in [3.05, 3.63) is 14.4 Å². The third-order valence-corrected chi connectivity index (χ3v) is 4.05. The fraction of sp³-hybridized carbons (Fsp3) is 0.538. The number of pyridine rings is 1. The molecule has 0 spiro atoms. The zero-order valence-electron chi connectivity index (χ0n) is 11.0. The Bertz CT molecular complexity index is 498. The molecule has 1 saturated carbocycles. The van der Waals surface area contributed by atoms with Gasteiger partial charge in [-0.3, -0.25) is 4.79 Å². The molecule has 1 aromatic rings. The highest BCUT2D eigenvalue weighted by molar-refractivity contribution is 14.1. The van der Waals surface area contributed by atoms with Crippen molar-refractivity contribution in [2.75, 3.05) is 13.9 Å². The SMILES string of the molecule is COCOc1c(OC2CCCCC2=O)cc(I)nc1Br. The first-order chi connectivity index (χ1) is 9.61. The summed E-state index contributed by atoms with van der Waals surface area (Å²) >= 11 is 5.44. The van der Waals surface area contributed by atoms with Gasteiger partial charge in [0.2, 0.25) is 0 Å². The highest BCUT2D eigenvalue weighted by Gasteiger charge is 2.26. The van der Waals surface area contributed by atoms with Gasteiger partial charge in [-0.25, -0.2) is 4.98 Å². The molecule has 0 aliphatic heterocycles. The third-order valence-electron chi connectivity index (χ3n) is 2.96. The Morgan fingerprint density at radius 2 is 2.30 bits per heavy atom. The minimum Gasteiger partial charge on any atom is -0.479 e. The van der Waals surface area contributed by atoms with E-state index in [0.29, 0.717) is 22.5 Å². The number of aromatic nitrogens is 1. The van der Waals surface area contributed by atoms with Crippen LogP contribution in [-0.2, 0) is 9.53 Å². The van der Waals surface area contributed by atoms with Crippen LogP contribution in [-0.4, -0.2) is 30.8 Å². The molecule has 1 aliphatic carbocycles. The summed E-state index contributed by atoms with van der Waals surface area (Å²) < 4.78 is 17.5. The van der Waals surface area contributed by atoms with Crippen LogP contribution in [0.3, 0.4) is 0 Å². The zero-order valence-corrected chi connectivity index (χ0v) is 14.8. The van der Waals surface area contributed by atoms with Gasteiger partial charge in [-0.1, -0.05) is 0 Å². The van der Waals surface area contributed by atoms with Gasteiger partial charge < -0.3 is 14.2 Å². The summed E-state index contributed by atoms with van der Waals surface area (Å²) in [6, 6.07) is 1.76. The molecule has 1 unspecified atom stereocenters. The molecule has 5 nitrogen and oxygen atoms in total. The van der Waals surface area contributed by atoms with Crippen LogP contribution in [0.5, 0.6) is 11.5 Å². The van der Waals surface area contributed by atoms with Crippen LogP contribution in [0.2, 0.25) is 0 Å². The Labute approximate surface area is 139 Å². The van der Waals surface area contributed by atoms with Crippen molar-refractivity contribution >= 4 is 44.3 Å². The van der Waals surface area contributed by atoms with Gasteiger partial charge in [-0.15, -0.1) is 0 Å². The van der Waals surface area contributed by atoms with E-state index in [9.17, 15) is 4.79 Å². The van der Waals surface area contributed by atoms with E-state index in [2.05, 4.69) is 43.5 Å². The second-order valence-corrected chi connectivity index (χ2v) is 6.29. The van der Waals surface area contributed by atoms with E-state index in [0.717, 1.165) is 23.0 Å². The molecular weight excluding hydrogens is 441 g/mol. The van der Waals surface area contributed by atoms with Gasteiger partial charge in [0.1, 0.15) is 3.70 Å². The third kappa shape index (κ3) is 4.05. The molecule has 1 aromatic heterocycles. The monoisotopic (exact) mass is 455 g/mol. The highest BCUT2D eigenvalue weighted by atomic mass is 127. The number of carbonyl (C=O) groups is 1. The second-order valence-electron chi connectivity index (χ2n) is 4.43. The Morgan fingerprint density at radius 3 is 3.00 bits per heavy atom. The van der Waals surface area contributed by atoms with Crippen molar-refractivity contribution < 1.29 is 19.0 Å². The smallest absolute Gasteiger partial charge is 0.197 e. The van der Waals surface area contributed by atoms with E-state index in [1.54, 1.807) is 13.2 Å². The van der Waals surface area contributed by atoms with Crippen molar-refractivity contribution in [1.82, 2.24) is 4.98 Å². The molecule has 0 saturated heterocycles. The minimum atomic E-state index is -0.390. The van der Waals surface area contributed by atoms with Crippen LogP contribution in [0.25, 0.3) is 0 Å². The lowest BCUT2D eigenvalue weighted by atomic mass is 9.96. The summed E-state index contributed by atoms with van der Waals surface area (Å²) in [6.45, 7) is 0.0931. The van der Waals surface area contributed by atoms with Gasteiger partial charge in [0.05, 0.1) is 0 Å². The summed E-state index contributed by atoms with van der Waals surface area (Å²) in [4.78, 5) is 16.1. The minimum absolute atomic E-state index is 0.0931. The van der Waals surface area contributed by atoms with Crippen LogP contribution in [0, 0.1) is 3.70 Å². The summed E-state index contributed by atoms with van der Waals surface area (Å²) in [7, 11) is 1.54. The Hall–Kier alpha value is -0.410. The maximum Gasteiger partial charge on any atom is 0.197 e. The van der Waals surface area contributed by atoms with Gasteiger partial charge in [0, 0.05) is 19.6 Å². The fourth-order valence-corrected chi connectivity index (χ4v) is 3.37. The predicted octanol–water partition coefficient (Wildman–Crippen LogP) is 3.32. The molecule has 1 aliphatic rings. The zero-order chi connectivity index (χ0) is 14.5. The molecule has 0 bridgehead atoms. The number of ether oxygens (including phenoxy) is 3. The van der Waals surface area contributed by atoms with Gasteiger partial charge in [-0.2, -0.15) is 0 Å². The number of carbonyl (C=O) groups excluding carboxylic acids is 1. The number of halogens is 2. The lowest BCUT2D eigenvalue weighted by Gasteiger charge is -2.23. The number of hydrogen-bond donors (Lipinski definition) is 0. The van der Waals surface area contributed by atoms with E-state index in [1.165, 1.54) is 0 Å². The highest BCUT2D eigenvalue weighted by Crippen LogP contribution is 2.36. The lowest BCUT2D eigenvalue weighted by Crippen LogP contribution is -2.30. The van der Waals surface area contributed by atoms with Gasteiger partial charge in [0.25, 0.3) is 0 Å². The predicted molar refractivity (Wildman–Crippen MR) is 85.0 cm³/mol. The van der Waals surface area contributed by atoms with Crippen molar-refractivity contribution in [2.24, 2.45) is 0 Å². The van der Waals surface area contributed by atoms with Crippen LogP contribution >= 0.6 is 38.5 Å². The molecular formula is C13H15BrINO4. The van der Waals surface area contributed by atoms with E-state index >= 15 is 0 Å². The maximum atomic E-state index is 11.9. The summed E-state index contributed by atoms with van der Waals surface area (Å²) in [5.41, 5.74) is 0. The quantitative estimate of drug-likeness (QED) is 0.387. The Morgan fingerprint density at radius 1 is 1.50 bits per heavy atom. The van der Waals surface area contributed by atoms with Crippen molar-refractivity contribution in [3.63, 3.8) is 0 Å². The summed E-state index contributed by atoms with van der Waals surface area (Å²) in [5.74, 6) is 1.14. The number of Topliss-reactive ketones (excluding diaryl/α,β-unsaturated/α-hetero) is 1. The van der Waals surface area contributed by atoms with Crippen LogP contribution in [0.15, 0.2) is 10.7 Å². The first kappa shape index (κ1) is 16.0. The van der Waals surface area contributed by atoms with Crippen LogP contribution in [0.1, 0.15) is 25.7 Å². The van der Waals surface area contributed by atoms with E-state index in [4.69, 9.17) is 14.2 Å². The molecule has 0 N–H and O–H groups in total. The number of methoxy groups -OCH3 is 1. The standard InChI is InChI=1S/C13H15BrINO4/c1-18-7-19-12-10(6-11(15)16-13(12)14)20-9-5-3-2-4-8(9)17/h6,9H,2-5,7H2,1H3. The van der Waals surface area contributed by atoms with E-state index < -0.39 is 6.10 Å². The number of rotatable bonds is 5. The molecule has 0 radical (unpaired) electrons. The molecule has 0 amide bonds. The molecule has 7 heteroatoms. The molecule has 110 valence electrons. The molecule has 20 heavy (non-hydrogen) atoms. The fourth-order valence-electron chi connectivity index (χ4n) is 2.02. The molecule has 1 atom stereocenters. The molecule has 2 rings (SSSR count).